The average Bonchev–Trinajstić information content (AvgIpc) is 3.98. The highest BCUT2D eigenvalue weighted by Crippen LogP contribution is 2.34. The molecule has 2 atom stereocenters. The Bertz CT molecular complexity index is 2220. The summed E-state index contributed by atoms with van der Waals surface area (Å²) in [6, 6.07) is 32.3. The summed E-state index contributed by atoms with van der Waals surface area (Å²) in [5.74, 6) is 0. The molecule has 230 valence electrons. The summed E-state index contributed by atoms with van der Waals surface area (Å²) in [5, 5.41) is 9.60. The van der Waals surface area contributed by atoms with Crippen LogP contribution in [0.1, 0.15) is 34.2 Å². The number of H-pyrrole nitrogens is 2. The van der Waals surface area contributed by atoms with Gasteiger partial charge in [0.15, 0.2) is 0 Å². The monoisotopic (exact) mass is 622 g/mol. The zero-order chi connectivity index (χ0) is 31.9. The summed E-state index contributed by atoms with van der Waals surface area (Å²) in [7, 11) is 0. The maximum absolute atomic E-state index is 4.80. The molecule has 9 heterocycles. The molecular weight excluding hydrogens is 592 g/mol. The number of hydrogen-bond acceptors (Lipinski definition) is 6. The Hall–Kier alpha value is -6.54. The van der Waals surface area contributed by atoms with E-state index in [4.69, 9.17) is 19.9 Å². The van der Waals surface area contributed by atoms with Gasteiger partial charge in [0.25, 0.3) is 0 Å². The lowest BCUT2D eigenvalue weighted by molar-refractivity contribution is 0.844. The third-order valence-corrected chi connectivity index (χ3v) is 8.91. The fourth-order valence-corrected chi connectivity index (χ4v) is 6.79. The van der Waals surface area contributed by atoms with Crippen molar-refractivity contribution in [3.63, 3.8) is 0 Å². The van der Waals surface area contributed by atoms with E-state index in [1.807, 2.05) is 85.5 Å². The Morgan fingerprint density at radius 1 is 0.417 bits per heavy atom. The molecule has 0 amide bonds. The molecule has 2 unspecified atom stereocenters. The van der Waals surface area contributed by atoms with Gasteiger partial charge in [-0.05, 0) is 84.9 Å². The minimum absolute atomic E-state index is 0.152. The predicted molar refractivity (Wildman–Crippen MR) is 187 cm³/mol. The van der Waals surface area contributed by atoms with Crippen molar-refractivity contribution >= 4 is 22.3 Å². The van der Waals surface area contributed by atoms with Crippen molar-refractivity contribution in [1.29, 1.82) is 0 Å². The quantitative estimate of drug-likeness (QED) is 0.229. The first-order valence-corrected chi connectivity index (χ1v) is 16.0. The molecule has 8 heteroatoms. The van der Waals surface area contributed by atoms with Crippen LogP contribution in [0, 0.1) is 0 Å². The van der Waals surface area contributed by atoms with Crippen LogP contribution in [-0.4, -0.2) is 42.0 Å². The standard InChI is InChI=1S/C40H30N8/c1-5-21-41-25(9-1)37-29-13-15-31(45-29)38(26-10-2-6-22-42-26)33-17-19-35(47-33)40(28-12-4-8-24-44-28)36-20-18-34(48-36)39(27-11-3-7-23-43-27)32-16-14-30(37)46-32/h1-24,29,34,45-48H/b37-30-,38-31-,39-32-,40-36-. The summed E-state index contributed by atoms with van der Waals surface area (Å²) in [5.41, 5.74) is 11.4. The summed E-state index contributed by atoms with van der Waals surface area (Å²) >= 11 is 0. The molecule has 6 aromatic rings. The molecule has 0 aliphatic carbocycles. The molecule has 0 saturated heterocycles. The minimum atomic E-state index is -0.152. The SMILES string of the molecule is C1=CC2N/C1=C(/c1ccccn1)c1ccc([nH]1)/C(c1ccccn1)=C1/C=CC(N1)/C(c1ccccn1)=c1/cc/c([nH]1)=C/2c1ccccn1. The predicted octanol–water partition coefficient (Wildman–Crippen LogP) is 4.61. The van der Waals surface area contributed by atoms with Gasteiger partial charge >= 0.3 is 0 Å². The highest BCUT2D eigenvalue weighted by molar-refractivity contribution is 5.86. The highest BCUT2D eigenvalue weighted by atomic mass is 15.0. The number of aromatic amines is 2. The van der Waals surface area contributed by atoms with Gasteiger partial charge < -0.3 is 20.6 Å². The van der Waals surface area contributed by atoms with Crippen LogP contribution >= 0.6 is 0 Å². The second-order valence-electron chi connectivity index (χ2n) is 11.8. The maximum atomic E-state index is 4.80. The van der Waals surface area contributed by atoms with Gasteiger partial charge in [-0.2, -0.15) is 0 Å². The average molecular weight is 623 g/mol. The molecule has 0 saturated carbocycles. The Morgan fingerprint density at radius 3 is 1.23 bits per heavy atom. The van der Waals surface area contributed by atoms with Gasteiger partial charge in [0, 0.05) is 69.2 Å². The van der Waals surface area contributed by atoms with Crippen LogP contribution in [0.5, 0.6) is 0 Å². The molecule has 8 bridgehead atoms. The lowest BCUT2D eigenvalue weighted by atomic mass is 10.0. The lowest BCUT2D eigenvalue weighted by Crippen LogP contribution is -2.32. The van der Waals surface area contributed by atoms with Crippen molar-refractivity contribution in [3.05, 3.63) is 202 Å². The van der Waals surface area contributed by atoms with E-state index in [0.717, 1.165) is 78.5 Å². The molecule has 0 aromatic carbocycles. The molecule has 0 fully saturated rings. The van der Waals surface area contributed by atoms with Crippen molar-refractivity contribution in [2.75, 3.05) is 0 Å². The van der Waals surface area contributed by atoms with Crippen molar-refractivity contribution in [3.8, 4) is 0 Å². The number of nitrogens with one attached hydrogen (secondary N) is 4. The summed E-state index contributed by atoms with van der Waals surface area (Å²) in [6.45, 7) is 0. The first kappa shape index (κ1) is 27.7. The molecule has 6 aromatic heterocycles. The van der Waals surface area contributed by atoms with Crippen molar-refractivity contribution in [2.24, 2.45) is 0 Å². The first-order valence-electron chi connectivity index (χ1n) is 16.0. The largest absolute Gasteiger partial charge is 0.374 e. The van der Waals surface area contributed by atoms with E-state index in [1.165, 1.54) is 0 Å². The molecule has 0 spiro atoms. The molecule has 8 nitrogen and oxygen atoms in total. The highest BCUT2D eigenvalue weighted by Gasteiger charge is 2.28. The van der Waals surface area contributed by atoms with E-state index in [0.29, 0.717) is 0 Å². The Morgan fingerprint density at radius 2 is 0.833 bits per heavy atom. The van der Waals surface area contributed by atoms with E-state index in [2.05, 4.69) is 81.3 Å². The minimum Gasteiger partial charge on any atom is -0.374 e. The fraction of sp³-hybridized carbons (Fsp3) is 0.0500. The van der Waals surface area contributed by atoms with Crippen molar-refractivity contribution in [1.82, 2.24) is 40.5 Å². The topological polar surface area (TPSA) is 107 Å². The van der Waals surface area contributed by atoms with E-state index in [9.17, 15) is 0 Å². The van der Waals surface area contributed by atoms with Crippen LogP contribution in [0.15, 0.2) is 158 Å². The Kier molecular flexibility index (Phi) is 6.75. The summed E-state index contributed by atoms with van der Waals surface area (Å²) < 4.78 is 0. The number of fused-ring (bicyclic) bond motifs is 8. The van der Waals surface area contributed by atoms with Crippen LogP contribution in [0.3, 0.4) is 0 Å². The normalized spacial score (nSPS) is 23.6. The number of rotatable bonds is 4. The zero-order valence-electron chi connectivity index (χ0n) is 25.8. The van der Waals surface area contributed by atoms with Crippen molar-refractivity contribution < 1.29 is 0 Å². The van der Waals surface area contributed by atoms with Gasteiger partial charge in [-0.1, -0.05) is 36.4 Å². The number of pyridine rings is 4. The van der Waals surface area contributed by atoms with Gasteiger partial charge in [0.2, 0.25) is 0 Å². The summed E-state index contributed by atoms with van der Waals surface area (Å²) in [4.78, 5) is 26.7. The third-order valence-electron chi connectivity index (χ3n) is 8.91. The number of aromatic nitrogens is 6. The Balaban J connectivity index is 1.36. The third kappa shape index (κ3) is 4.87. The number of nitrogens with zero attached hydrogens (tertiary/aromatic N) is 4. The van der Waals surface area contributed by atoms with Crippen LogP contribution < -0.4 is 21.3 Å². The molecule has 48 heavy (non-hydrogen) atoms. The zero-order valence-corrected chi connectivity index (χ0v) is 25.8. The lowest BCUT2D eigenvalue weighted by Gasteiger charge is -2.18. The van der Waals surface area contributed by atoms with Gasteiger partial charge in [0.05, 0.1) is 46.2 Å². The second-order valence-corrected chi connectivity index (χ2v) is 11.8. The van der Waals surface area contributed by atoms with E-state index in [-0.39, 0.29) is 12.1 Å². The molecule has 4 N–H and O–H groups in total. The van der Waals surface area contributed by atoms with E-state index >= 15 is 0 Å². The van der Waals surface area contributed by atoms with Crippen LogP contribution in [-0.2, 0) is 0 Å². The fourth-order valence-electron chi connectivity index (χ4n) is 6.79. The number of allylic oxidation sites excluding steroid dienone is 2. The van der Waals surface area contributed by atoms with Gasteiger partial charge in [-0.25, -0.2) is 0 Å². The maximum Gasteiger partial charge on any atom is 0.0743 e. The Labute approximate surface area is 276 Å². The molecule has 0 radical (unpaired) electrons. The molecule has 3 aliphatic rings. The summed E-state index contributed by atoms with van der Waals surface area (Å²) in [6.07, 6.45) is 16.0. The second kappa shape index (κ2) is 11.7. The molecule has 3 aliphatic heterocycles. The molecular formula is C40H30N8. The smallest absolute Gasteiger partial charge is 0.0743 e. The van der Waals surface area contributed by atoms with Crippen LogP contribution in [0.25, 0.3) is 22.3 Å². The van der Waals surface area contributed by atoms with E-state index in [1.54, 1.807) is 0 Å². The first-order chi connectivity index (χ1) is 23.8. The van der Waals surface area contributed by atoms with Gasteiger partial charge in [0.1, 0.15) is 0 Å². The van der Waals surface area contributed by atoms with Crippen LogP contribution in [0.4, 0.5) is 0 Å². The number of hydrogen-bond donors (Lipinski definition) is 4. The van der Waals surface area contributed by atoms with Gasteiger partial charge in [-0.15, -0.1) is 0 Å². The van der Waals surface area contributed by atoms with Crippen molar-refractivity contribution in [2.45, 2.75) is 12.1 Å². The molecule has 9 rings (SSSR count). The van der Waals surface area contributed by atoms with E-state index < -0.39 is 0 Å². The van der Waals surface area contributed by atoms with Gasteiger partial charge in [-0.3, -0.25) is 19.9 Å². The van der Waals surface area contributed by atoms with Crippen LogP contribution in [0.2, 0.25) is 0 Å².